The average Bonchev–Trinajstić information content (AvgIpc) is 3.27. The van der Waals surface area contributed by atoms with Crippen molar-refractivity contribution in [2.45, 2.75) is 56.4 Å². The van der Waals surface area contributed by atoms with Crippen molar-refractivity contribution in [1.82, 2.24) is 15.2 Å². The molecular weight excluding hydrogens is 348 g/mol. The molecule has 0 bridgehead atoms. The SMILES string of the molecule is CC(=O)c1ccccc1NC(=O)C(C)Sc1n[nH]c(CC2CCCC2)n1. The molecule has 2 N–H and O–H groups in total. The lowest BCUT2D eigenvalue weighted by Crippen LogP contribution is -2.23. The summed E-state index contributed by atoms with van der Waals surface area (Å²) in [5, 5.41) is 10.3. The molecule has 1 saturated carbocycles. The average molecular weight is 372 g/mol. The zero-order valence-electron chi connectivity index (χ0n) is 15.1. The second kappa shape index (κ2) is 8.49. The first-order valence-corrected chi connectivity index (χ1v) is 9.89. The van der Waals surface area contributed by atoms with Gasteiger partial charge in [-0.05, 0) is 31.9 Å². The van der Waals surface area contributed by atoms with Crippen LogP contribution in [-0.4, -0.2) is 32.1 Å². The number of nitrogens with one attached hydrogen (secondary N) is 2. The number of aromatic nitrogens is 3. The van der Waals surface area contributed by atoms with E-state index in [0.29, 0.717) is 22.3 Å². The van der Waals surface area contributed by atoms with E-state index in [-0.39, 0.29) is 16.9 Å². The van der Waals surface area contributed by atoms with Crippen molar-refractivity contribution in [2.75, 3.05) is 5.32 Å². The molecule has 1 aliphatic rings. The van der Waals surface area contributed by atoms with Crippen molar-refractivity contribution in [2.24, 2.45) is 5.92 Å². The first kappa shape index (κ1) is 18.6. The van der Waals surface area contributed by atoms with Crippen molar-refractivity contribution in [1.29, 1.82) is 0 Å². The van der Waals surface area contributed by atoms with Crippen molar-refractivity contribution < 1.29 is 9.59 Å². The molecule has 0 saturated heterocycles. The molecule has 138 valence electrons. The highest BCUT2D eigenvalue weighted by Crippen LogP contribution is 2.28. The second-order valence-electron chi connectivity index (χ2n) is 6.77. The van der Waals surface area contributed by atoms with Crippen LogP contribution < -0.4 is 5.32 Å². The molecule has 0 aliphatic heterocycles. The molecule has 3 rings (SSSR count). The number of anilines is 1. The molecule has 1 fully saturated rings. The summed E-state index contributed by atoms with van der Waals surface area (Å²) in [4.78, 5) is 28.7. The summed E-state index contributed by atoms with van der Waals surface area (Å²) in [6.45, 7) is 3.30. The Morgan fingerprint density at radius 2 is 2.04 bits per heavy atom. The number of thioether (sulfide) groups is 1. The van der Waals surface area contributed by atoms with E-state index >= 15 is 0 Å². The van der Waals surface area contributed by atoms with Gasteiger partial charge >= 0.3 is 0 Å². The van der Waals surface area contributed by atoms with Crippen molar-refractivity contribution in [3.8, 4) is 0 Å². The van der Waals surface area contributed by atoms with Gasteiger partial charge in [-0.15, -0.1) is 5.10 Å². The van der Waals surface area contributed by atoms with Gasteiger partial charge < -0.3 is 5.32 Å². The van der Waals surface area contributed by atoms with Crippen LogP contribution in [0.5, 0.6) is 0 Å². The van der Waals surface area contributed by atoms with Crippen LogP contribution in [0.2, 0.25) is 0 Å². The normalized spacial score (nSPS) is 15.8. The third kappa shape index (κ3) is 4.72. The van der Waals surface area contributed by atoms with Gasteiger partial charge in [0, 0.05) is 12.0 Å². The first-order valence-electron chi connectivity index (χ1n) is 9.01. The van der Waals surface area contributed by atoms with Crippen LogP contribution in [0.4, 0.5) is 5.69 Å². The highest BCUT2D eigenvalue weighted by molar-refractivity contribution is 8.00. The third-order valence-corrected chi connectivity index (χ3v) is 5.64. The Kier molecular flexibility index (Phi) is 6.08. The fraction of sp³-hybridized carbons (Fsp3) is 0.474. The van der Waals surface area contributed by atoms with Gasteiger partial charge in [0.2, 0.25) is 11.1 Å². The summed E-state index contributed by atoms with van der Waals surface area (Å²) < 4.78 is 0. The van der Waals surface area contributed by atoms with E-state index in [4.69, 9.17) is 0 Å². The van der Waals surface area contributed by atoms with Crippen LogP contribution in [-0.2, 0) is 11.2 Å². The molecule has 7 heteroatoms. The molecule has 26 heavy (non-hydrogen) atoms. The molecule has 1 aromatic carbocycles. The monoisotopic (exact) mass is 372 g/mol. The maximum Gasteiger partial charge on any atom is 0.237 e. The number of H-pyrrole nitrogens is 1. The van der Waals surface area contributed by atoms with Gasteiger partial charge in [0.1, 0.15) is 5.82 Å². The molecule has 0 radical (unpaired) electrons. The Bertz CT molecular complexity index is 783. The van der Waals surface area contributed by atoms with Crippen LogP contribution in [0.1, 0.15) is 55.7 Å². The molecule has 1 aliphatic carbocycles. The Morgan fingerprint density at radius 1 is 1.31 bits per heavy atom. The molecule has 1 heterocycles. The van der Waals surface area contributed by atoms with E-state index in [2.05, 4.69) is 20.5 Å². The van der Waals surface area contributed by atoms with E-state index in [1.165, 1.54) is 44.4 Å². The maximum atomic E-state index is 12.5. The van der Waals surface area contributed by atoms with Crippen LogP contribution >= 0.6 is 11.8 Å². The van der Waals surface area contributed by atoms with E-state index in [9.17, 15) is 9.59 Å². The molecule has 2 aromatic rings. The molecule has 6 nitrogen and oxygen atoms in total. The summed E-state index contributed by atoms with van der Waals surface area (Å²) in [5.41, 5.74) is 1.05. The molecule has 1 aromatic heterocycles. The smallest absolute Gasteiger partial charge is 0.237 e. The zero-order valence-corrected chi connectivity index (χ0v) is 15.9. The van der Waals surface area contributed by atoms with E-state index in [1.807, 2.05) is 6.92 Å². The number of amides is 1. The summed E-state index contributed by atoms with van der Waals surface area (Å²) in [7, 11) is 0. The zero-order chi connectivity index (χ0) is 18.5. The number of aromatic amines is 1. The van der Waals surface area contributed by atoms with Crippen LogP contribution in [0.3, 0.4) is 0 Å². The molecule has 1 unspecified atom stereocenters. The summed E-state index contributed by atoms with van der Waals surface area (Å²) in [6, 6.07) is 7.02. The van der Waals surface area contributed by atoms with Crippen LogP contribution in [0.25, 0.3) is 0 Å². The number of carbonyl (C=O) groups excluding carboxylic acids is 2. The Labute approximate surface area is 157 Å². The largest absolute Gasteiger partial charge is 0.324 e. The number of rotatable bonds is 7. The summed E-state index contributed by atoms with van der Waals surface area (Å²) in [6.07, 6.45) is 6.06. The third-order valence-electron chi connectivity index (χ3n) is 4.68. The van der Waals surface area contributed by atoms with Crippen molar-refractivity contribution >= 4 is 29.1 Å². The number of para-hydroxylation sites is 1. The van der Waals surface area contributed by atoms with Gasteiger partial charge in [-0.2, -0.15) is 0 Å². The predicted octanol–water partition coefficient (Wildman–Crippen LogP) is 3.86. The molecule has 0 spiro atoms. The minimum absolute atomic E-state index is 0.0771. The number of nitrogens with zero attached hydrogens (tertiary/aromatic N) is 2. The van der Waals surface area contributed by atoms with Gasteiger partial charge in [-0.1, -0.05) is 49.6 Å². The Hall–Kier alpha value is -2.15. The lowest BCUT2D eigenvalue weighted by atomic mass is 10.0. The second-order valence-corrected chi connectivity index (χ2v) is 8.08. The van der Waals surface area contributed by atoms with Gasteiger partial charge in [0.15, 0.2) is 5.78 Å². The van der Waals surface area contributed by atoms with Crippen LogP contribution in [0, 0.1) is 5.92 Å². The Balaban J connectivity index is 1.57. The van der Waals surface area contributed by atoms with Gasteiger partial charge in [0.25, 0.3) is 0 Å². The number of ketones is 1. The maximum absolute atomic E-state index is 12.5. The number of Topliss-reactive ketones (excluding diaryl/α,β-unsaturated/α-hetero) is 1. The molecular formula is C19H24N4O2S. The summed E-state index contributed by atoms with van der Waals surface area (Å²) in [5.74, 6) is 1.34. The van der Waals surface area contributed by atoms with E-state index < -0.39 is 0 Å². The molecule has 1 atom stereocenters. The van der Waals surface area contributed by atoms with Crippen LogP contribution in [0.15, 0.2) is 29.4 Å². The van der Waals surface area contributed by atoms with Crippen molar-refractivity contribution in [3.05, 3.63) is 35.7 Å². The highest BCUT2D eigenvalue weighted by atomic mass is 32.2. The Morgan fingerprint density at radius 3 is 2.77 bits per heavy atom. The van der Waals surface area contributed by atoms with Gasteiger partial charge in [0.05, 0.1) is 10.9 Å². The highest BCUT2D eigenvalue weighted by Gasteiger charge is 2.21. The lowest BCUT2D eigenvalue weighted by molar-refractivity contribution is -0.115. The number of hydrogen-bond acceptors (Lipinski definition) is 5. The van der Waals surface area contributed by atoms with Gasteiger partial charge in [-0.3, -0.25) is 14.7 Å². The lowest BCUT2D eigenvalue weighted by Gasteiger charge is -2.12. The fourth-order valence-electron chi connectivity index (χ4n) is 3.25. The predicted molar refractivity (Wildman–Crippen MR) is 102 cm³/mol. The minimum Gasteiger partial charge on any atom is -0.324 e. The quantitative estimate of drug-likeness (QED) is 0.569. The standard InChI is InChI=1S/C19H24N4O2S/c1-12(24)15-9-5-6-10-16(15)20-18(25)13(2)26-19-21-17(22-23-19)11-14-7-3-4-8-14/h5-6,9-10,13-14H,3-4,7-8,11H2,1-2H3,(H,20,25)(H,21,22,23). The number of hydrogen-bond donors (Lipinski definition) is 2. The summed E-state index contributed by atoms with van der Waals surface area (Å²) >= 11 is 1.31. The molecule has 1 amide bonds. The first-order chi connectivity index (χ1) is 12.5. The fourth-order valence-corrected chi connectivity index (χ4v) is 4.00. The topological polar surface area (TPSA) is 87.7 Å². The van der Waals surface area contributed by atoms with Crippen molar-refractivity contribution in [3.63, 3.8) is 0 Å². The van der Waals surface area contributed by atoms with E-state index in [1.54, 1.807) is 24.3 Å². The number of benzene rings is 1. The van der Waals surface area contributed by atoms with Gasteiger partial charge in [-0.25, -0.2) is 4.98 Å². The van der Waals surface area contributed by atoms with E-state index in [0.717, 1.165) is 12.2 Å². The number of carbonyl (C=O) groups is 2. The minimum atomic E-state index is -0.370.